The molecule has 0 spiro atoms. The van der Waals surface area contributed by atoms with Gasteiger partial charge in [-0.3, -0.25) is 4.79 Å². The topological polar surface area (TPSA) is 136 Å². The normalized spacial score (nSPS) is 12.4. The van der Waals surface area contributed by atoms with E-state index in [0.29, 0.717) is 0 Å². The fourth-order valence-corrected chi connectivity index (χ4v) is 2.92. The fourth-order valence-electron chi connectivity index (χ4n) is 1.40. The van der Waals surface area contributed by atoms with Crippen LogP contribution in [0, 0.1) is 0 Å². The lowest BCUT2D eigenvalue weighted by Crippen LogP contribution is -2.46. The first-order chi connectivity index (χ1) is 8.59. The van der Waals surface area contributed by atoms with Crippen molar-refractivity contribution in [3.8, 4) is 0 Å². The predicted octanol–water partition coefficient (Wildman–Crippen LogP) is -0.583. The summed E-state index contributed by atoms with van der Waals surface area (Å²) in [6.45, 7) is 2.68. The molecule has 106 valence electrons. The van der Waals surface area contributed by atoms with Crippen molar-refractivity contribution < 1.29 is 18.3 Å². The molecule has 0 aromatic heterocycles. The Hall–Kier alpha value is -1.64. The van der Waals surface area contributed by atoms with Gasteiger partial charge in [-0.15, -0.1) is 0 Å². The lowest BCUT2D eigenvalue weighted by molar-refractivity contribution is 0.1000. The number of nitrogens with one attached hydrogen (secondary N) is 1. The second-order valence-corrected chi connectivity index (χ2v) is 6.42. The summed E-state index contributed by atoms with van der Waals surface area (Å²) in [5.41, 5.74) is 9.71. The molecule has 1 aromatic carbocycles. The first-order valence-electron chi connectivity index (χ1n) is 5.43. The van der Waals surface area contributed by atoms with Gasteiger partial charge in [0.1, 0.15) is 4.90 Å². The zero-order valence-electron chi connectivity index (χ0n) is 10.7. The van der Waals surface area contributed by atoms with Gasteiger partial charge in [0.15, 0.2) is 0 Å². The van der Waals surface area contributed by atoms with E-state index < -0.39 is 21.5 Å². The van der Waals surface area contributed by atoms with Crippen LogP contribution in [-0.4, -0.2) is 31.6 Å². The van der Waals surface area contributed by atoms with Crippen molar-refractivity contribution in [2.24, 2.45) is 5.73 Å². The highest BCUT2D eigenvalue weighted by Gasteiger charge is 2.27. The SMILES string of the molecule is CC(C)(CO)NS(=O)(=O)c1ccc(C(N)=O)cc1N. The van der Waals surface area contributed by atoms with E-state index in [0.717, 1.165) is 0 Å². The predicted molar refractivity (Wildman–Crippen MR) is 70.9 cm³/mol. The average Bonchev–Trinajstić information content (AvgIpc) is 2.27. The van der Waals surface area contributed by atoms with Crippen LogP contribution >= 0.6 is 0 Å². The standard InChI is InChI=1S/C11H17N3O4S/c1-11(2,6-15)14-19(17,18)9-4-3-7(10(13)16)5-8(9)12/h3-5,14-15H,6,12H2,1-2H3,(H2,13,16). The van der Waals surface area contributed by atoms with E-state index in [4.69, 9.17) is 16.6 Å². The summed E-state index contributed by atoms with van der Waals surface area (Å²) >= 11 is 0. The molecule has 0 heterocycles. The highest BCUT2D eigenvalue weighted by atomic mass is 32.2. The number of hydrogen-bond acceptors (Lipinski definition) is 5. The van der Waals surface area contributed by atoms with E-state index in [9.17, 15) is 13.2 Å². The second kappa shape index (κ2) is 5.16. The maximum Gasteiger partial charge on any atom is 0.248 e. The van der Waals surface area contributed by atoms with Crippen LogP contribution in [0.4, 0.5) is 5.69 Å². The van der Waals surface area contributed by atoms with Gasteiger partial charge < -0.3 is 16.6 Å². The average molecular weight is 287 g/mol. The first-order valence-corrected chi connectivity index (χ1v) is 6.91. The van der Waals surface area contributed by atoms with Crippen LogP contribution in [0.3, 0.4) is 0 Å². The van der Waals surface area contributed by atoms with E-state index in [1.165, 1.54) is 32.0 Å². The zero-order valence-corrected chi connectivity index (χ0v) is 11.5. The number of nitrogen functional groups attached to an aromatic ring is 1. The molecule has 0 bridgehead atoms. The molecule has 0 aliphatic carbocycles. The van der Waals surface area contributed by atoms with Crippen molar-refractivity contribution >= 4 is 21.6 Å². The van der Waals surface area contributed by atoms with Crippen LogP contribution in [0.25, 0.3) is 0 Å². The number of rotatable bonds is 5. The summed E-state index contributed by atoms with van der Waals surface area (Å²) in [4.78, 5) is 10.8. The summed E-state index contributed by atoms with van der Waals surface area (Å²) in [5, 5.41) is 9.07. The molecular formula is C11H17N3O4S. The number of amides is 1. The largest absolute Gasteiger partial charge is 0.398 e. The molecule has 1 amide bonds. The number of anilines is 1. The monoisotopic (exact) mass is 287 g/mol. The van der Waals surface area contributed by atoms with Gasteiger partial charge in [0.05, 0.1) is 17.8 Å². The molecule has 0 saturated heterocycles. The molecule has 0 aliphatic heterocycles. The number of carbonyl (C=O) groups is 1. The molecule has 0 radical (unpaired) electrons. The molecule has 1 rings (SSSR count). The number of primary amides is 1. The minimum absolute atomic E-state index is 0.0856. The Morgan fingerprint density at radius 1 is 1.42 bits per heavy atom. The molecule has 7 nitrogen and oxygen atoms in total. The molecule has 8 heteroatoms. The van der Waals surface area contributed by atoms with Gasteiger partial charge in [0.2, 0.25) is 15.9 Å². The van der Waals surface area contributed by atoms with Crippen LogP contribution in [0.2, 0.25) is 0 Å². The summed E-state index contributed by atoms with van der Waals surface area (Å²) in [7, 11) is -3.89. The maximum atomic E-state index is 12.1. The smallest absolute Gasteiger partial charge is 0.248 e. The molecule has 0 aliphatic rings. The summed E-state index contributed by atoms with van der Waals surface area (Å²) in [5.74, 6) is -0.695. The molecule has 6 N–H and O–H groups in total. The Balaban J connectivity index is 3.20. The van der Waals surface area contributed by atoms with Crippen molar-refractivity contribution in [3.05, 3.63) is 23.8 Å². The van der Waals surface area contributed by atoms with E-state index in [-0.39, 0.29) is 22.8 Å². The number of sulfonamides is 1. The Kier molecular flexibility index (Phi) is 4.18. The van der Waals surface area contributed by atoms with Crippen LogP contribution in [0.15, 0.2) is 23.1 Å². The Morgan fingerprint density at radius 3 is 2.42 bits per heavy atom. The van der Waals surface area contributed by atoms with Gasteiger partial charge in [-0.05, 0) is 32.0 Å². The van der Waals surface area contributed by atoms with Gasteiger partial charge in [0.25, 0.3) is 0 Å². The third kappa shape index (κ3) is 3.66. The molecule has 0 atom stereocenters. The summed E-state index contributed by atoms with van der Waals surface area (Å²) in [6.07, 6.45) is 0. The number of aliphatic hydroxyl groups excluding tert-OH is 1. The van der Waals surface area contributed by atoms with Crippen LogP contribution in [-0.2, 0) is 10.0 Å². The van der Waals surface area contributed by atoms with Crippen LogP contribution < -0.4 is 16.2 Å². The Bertz CT molecular complexity index is 596. The Morgan fingerprint density at radius 2 is 2.00 bits per heavy atom. The maximum absolute atomic E-state index is 12.1. The van der Waals surface area contributed by atoms with Crippen molar-refractivity contribution in [1.82, 2.24) is 4.72 Å². The zero-order chi connectivity index (χ0) is 14.8. The van der Waals surface area contributed by atoms with Gasteiger partial charge in [-0.1, -0.05) is 0 Å². The van der Waals surface area contributed by atoms with Gasteiger partial charge in [-0.2, -0.15) is 0 Å². The van der Waals surface area contributed by atoms with E-state index >= 15 is 0 Å². The van der Waals surface area contributed by atoms with E-state index in [1.807, 2.05) is 0 Å². The summed E-state index contributed by atoms with van der Waals surface area (Å²) in [6, 6.07) is 3.67. The Labute approximate surface area is 111 Å². The fraction of sp³-hybridized carbons (Fsp3) is 0.364. The number of carbonyl (C=O) groups excluding carboxylic acids is 1. The molecule has 0 unspecified atom stereocenters. The number of benzene rings is 1. The molecule has 0 fully saturated rings. The number of hydrogen-bond donors (Lipinski definition) is 4. The number of nitrogens with two attached hydrogens (primary N) is 2. The van der Waals surface area contributed by atoms with Crippen LogP contribution in [0.1, 0.15) is 24.2 Å². The second-order valence-electron chi connectivity index (χ2n) is 4.76. The van der Waals surface area contributed by atoms with E-state index in [2.05, 4.69) is 4.72 Å². The number of aliphatic hydroxyl groups is 1. The minimum Gasteiger partial charge on any atom is -0.398 e. The summed E-state index contributed by atoms with van der Waals surface area (Å²) < 4.78 is 26.5. The minimum atomic E-state index is -3.89. The van der Waals surface area contributed by atoms with Gasteiger partial charge in [-0.25, -0.2) is 13.1 Å². The van der Waals surface area contributed by atoms with Crippen LogP contribution in [0.5, 0.6) is 0 Å². The van der Waals surface area contributed by atoms with Crippen molar-refractivity contribution in [2.75, 3.05) is 12.3 Å². The molecule has 1 aromatic rings. The van der Waals surface area contributed by atoms with Gasteiger partial charge in [0, 0.05) is 5.56 Å². The third-order valence-electron chi connectivity index (χ3n) is 2.39. The highest BCUT2D eigenvalue weighted by molar-refractivity contribution is 7.89. The van der Waals surface area contributed by atoms with Gasteiger partial charge >= 0.3 is 0 Å². The highest BCUT2D eigenvalue weighted by Crippen LogP contribution is 2.21. The van der Waals surface area contributed by atoms with Crippen molar-refractivity contribution in [1.29, 1.82) is 0 Å². The molecule has 19 heavy (non-hydrogen) atoms. The molecular weight excluding hydrogens is 270 g/mol. The lowest BCUT2D eigenvalue weighted by Gasteiger charge is -2.23. The quantitative estimate of drug-likeness (QED) is 0.537. The lowest BCUT2D eigenvalue weighted by atomic mass is 10.1. The van der Waals surface area contributed by atoms with E-state index in [1.54, 1.807) is 0 Å². The van der Waals surface area contributed by atoms with Crippen molar-refractivity contribution in [3.63, 3.8) is 0 Å². The third-order valence-corrected chi connectivity index (χ3v) is 4.16. The van der Waals surface area contributed by atoms with Crippen molar-refractivity contribution in [2.45, 2.75) is 24.3 Å². The first kappa shape index (κ1) is 15.4. The molecule has 0 saturated carbocycles.